The SMILES string of the molecule is C=CC(=O)C[C@H]1CCOC[C@H]1Nc1ncc2cc(-c3c(F)c(OC)cc(OC)c3F)nc(C3CC(C)(OC)C3)c2n1. The number of benzene rings is 1. The van der Waals surface area contributed by atoms with E-state index in [1.54, 1.807) is 19.4 Å². The van der Waals surface area contributed by atoms with E-state index in [4.69, 9.17) is 28.9 Å². The van der Waals surface area contributed by atoms with Crippen molar-refractivity contribution >= 4 is 22.6 Å². The molecule has 2 fully saturated rings. The van der Waals surface area contributed by atoms with Gasteiger partial charge < -0.3 is 24.3 Å². The summed E-state index contributed by atoms with van der Waals surface area (Å²) in [4.78, 5) is 26.1. The van der Waals surface area contributed by atoms with Crippen LogP contribution in [0.5, 0.6) is 11.5 Å². The maximum Gasteiger partial charge on any atom is 0.223 e. The van der Waals surface area contributed by atoms with Crippen LogP contribution in [0.25, 0.3) is 22.2 Å². The van der Waals surface area contributed by atoms with Gasteiger partial charge in [-0.05, 0) is 44.2 Å². The van der Waals surface area contributed by atoms with Crippen molar-refractivity contribution < 1.29 is 32.5 Å². The second-order valence-corrected chi connectivity index (χ2v) is 10.8. The number of allylic oxidation sites excluding steroid dienone is 1. The van der Waals surface area contributed by atoms with Crippen LogP contribution in [0.2, 0.25) is 0 Å². The van der Waals surface area contributed by atoms with Crippen LogP contribution < -0.4 is 14.8 Å². The summed E-state index contributed by atoms with van der Waals surface area (Å²) in [6, 6.07) is 2.55. The first-order valence-electron chi connectivity index (χ1n) is 13.5. The maximum atomic E-state index is 15.5. The fourth-order valence-corrected chi connectivity index (χ4v) is 5.69. The van der Waals surface area contributed by atoms with Gasteiger partial charge in [0.25, 0.3) is 0 Å². The largest absolute Gasteiger partial charge is 0.494 e. The van der Waals surface area contributed by atoms with Gasteiger partial charge in [0.05, 0.1) is 54.9 Å². The summed E-state index contributed by atoms with van der Waals surface area (Å²) >= 11 is 0. The number of nitrogens with zero attached hydrogens (tertiary/aromatic N) is 3. The van der Waals surface area contributed by atoms with Crippen molar-refractivity contribution in [3.05, 3.63) is 48.3 Å². The van der Waals surface area contributed by atoms with Gasteiger partial charge >= 0.3 is 0 Å². The molecule has 3 heterocycles. The third-order valence-corrected chi connectivity index (χ3v) is 8.16. The van der Waals surface area contributed by atoms with Gasteiger partial charge in [0.2, 0.25) is 5.95 Å². The molecule has 1 saturated heterocycles. The molecule has 2 aliphatic rings. The lowest BCUT2D eigenvalue weighted by Gasteiger charge is -2.44. The van der Waals surface area contributed by atoms with Crippen LogP contribution in [-0.2, 0) is 14.3 Å². The summed E-state index contributed by atoms with van der Waals surface area (Å²) in [6.07, 6.45) is 5.35. The van der Waals surface area contributed by atoms with Crippen LogP contribution in [0.1, 0.15) is 44.2 Å². The zero-order chi connectivity index (χ0) is 29.3. The Labute approximate surface area is 237 Å². The van der Waals surface area contributed by atoms with E-state index >= 15 is 8.78 Å². The van der Waals surface area contributed by atoms with Crippen LogP contribution in [0, 0.1) is 17.6 Å². The van der Waals surface area contributed by atoms with E-state index < -0.39 is 11.6 Å². The summed E-state index contributed by atoms with van der Waals surface area (Å²) in [5, 5.41) is 3.91. The number of anilines is 1. The molecule has 1 aliphatic heterocycles. The normalized spacial score (nSPS) is 24.0. The molecule has 1 saturated carbocycles. The van der Waals surface area contributed by atoms with E-state index in [-0.39, 0.29) is 52.0 Å². The minimum Gasteiger partial charge on any atom is -0.494 e. The molecule has 2 aromatic heterocycles. The molecule has 218 valence electrons. The molecule has 0 spiro atoms. The highest BCUT2D eigenvalue weighted by Crippen LogP contribution is 2.48. The molecule has 1 aliphatic carbocycles. The first-order chi connectivity index (χ1) is 19.7. The molecule has 5 rings (SSSR count). The second-order valence-electron chi connectivity index (χ2n) is 10.8. The van der Waals surface area contributed by atoms with Crippen molar-refractivity contribution in [2.75, 3.05) is 39.9 Å². The van der Waals surface area contributed by atoms with Crippen molar-refractivity contribution in [1.29, 1.82) is 0 Å². The summed E-state index contributed by atoms with van der Waals surface area (Å²) in [5.41, 5.74) is 0.563. The number of pyridine rings is 1. The van der Waals surface area contributed by atoms with E-state index in [1.807, 2.05) is 6.92 Å². The Balaban J connectivity index is 1.58. The van der Waals surface area contributed by atoms with Gasteiger partial charge in [-0.15, -0.1) is 0 Å². The number of ketones is 1. The van der Waals surface area contributed by atoms with Crippen molar-refractivity contribution in [2.45, 2.75) is 50.2 Å². The zero-order valence-corrected chi connectivity index (χ0v) is 23.6. The van der Waals surface area contributed by atoms with E-state index in [2.05, 4.69) is 16.9 Å². The Morgan fingerprint density at radius 1 is 1.17 bits per heavy atom. The molecule has 11 heteroatoms. The van der Waals surface area contributed by atoms with Crippen molar-refractivity contribution in [3.8, 4) is 22.8 Å². The average molecular weight is 569 g/mol. The Bertz CT molecular complexity index is 1450. The zero-order valence-electron chi connectivity index (χ0n) is 23.6. The fraction of sp³-hybridized carbons (Fsp3) is 0.467. The number of carbonyl (C=O) groups excluding carboxylic acids is 1. The van der Waals surface area contributed by atoms with Crippen LogP contribution in [0.4, 0.5) is 14.7 Å². The van der Waals surface area contributed by atoms with E-state index in [9.17, 15) is 4.79 Å². The van der Waals surface area contributed by atoms with Crippen LogP contribution >= 0.6 is 0 Å². The first kappa shape index (κ1) is 28.8. The Morgan fingerprint density at radius 3 is 2.51 bits per heavy atom. The standard InChI is InChI=1S/C30H34F2N4O5/c1-6-19(37)9-16-7-8-41-15-21(16)35-29-33-14-17-10-20(24-25(31)22(38-3)11-23(39-4)26(24)32)34-28(27(17)36-29)18-12-30(2,13-18)40-5/h6,10-11,14,16,18,21H,1,7-9,12-13,15H2,2-5H3,(H,33,35,36)/t16-,18?,21-,30?/m1/s1. The first-order valence-corrected chi connectivity index (χ1v) is 13.5. The fourth-order valence-electron chi connectivity index (χ4n) is 5.69. The molecular formula is C30H34F2N4O5. The smallest absolute Gasteiger partial charge is 0.223 e. The number of fused-ring (bicyclic) bond motifs is 1. The predicted octanol–water partition coefficient (Wildman–Crippen LogP) is 5.23. The molecule has 0 bridgehead atoms. The number of aromatic nitrogens is 3. The van der Waals surface area contributed by atoms with Gasteiger partial charge in [-0.1, -0.05) is 6.58 Å². The quantitative estimate of drug-likeness (QED) is 0.329. The Kier molecular flexibility index (Phi) is 8.19. The summed E-state index contributed by atoms with van der Waals surface area (Å²) < 4.78 is 52.5. The van der Waals surface area contributed by atoms with Crippen molar-refractivity contribution in [1.82, 2.24) is 15.0 Å². The molecule has 1 aromatic carbocycles. The summed E-state index contributed by atoms with van der Waals surface area (Å²) in [6.45, 7) is 6.58. The number of rotatable bonds is 10. The van der Waals surface area contributed by atoms with E-state index in [0.717, 1.165) is 12.5 Å². The third-order valence-electron chi connectivity index (χ3n) is 8.16. The number of methoxy groups -OCH3 is 3. The Hall–Kier alpha value is -3.70. The highest BCUT2D eigenvalue weighted by atomic mass is 19.1. The second kappa shape index (κ2) is 11.7. The Morgan fingerprint density at radius 2 is 1.88 bits per heavy atom. The lowest BCUT2D eigenvalue weighted by atomic mass is 9.70. The summed E-state index contributed by atoms with van der Waals surface area (Å²) in [5.74, 6) is -1.77. The van der Waals surface area contributed by atoms with E-state index in [1.165, 1.54) is 20.3 Å². The number of halogens is 2. The molecule has 2 atom stereocenters. The van der Waals surface area contributed by atoms with Gasteiger partial charge in [-0.2, -0.15) is 0 Å². The molecule has 0 amide bonds. The van der Waals surface area contributed by atoms with Gasteiger partial charge in [0.15, 0.2) is 28.9 Å². The monoisotopic (exact) mass is 568 g/mol. The predicted molar refractivity (Wildman–Crippen MR) is 149 cm³/mol. The van der Waals surface area contributed by atoms with Gasteiger partial charge in [0, 0.05) is 43.7 Å². The highest BCUT2D eigenvalue weighted by Gasteiger charge is 2.43. The van der Waals surface area contributed by atoms with Crippen LogP contribution in [0.3, 0.4) is 0 Å². The molecular weight excluding hydrogens is 534 g/mol. The van der Waals surface area contributed by atoms with Gasteiger partial charge in [0.1, 0.15) is 0 Å². The summed E-state index contributed by atoms with van der Waals surface area (Å²) in [7, 11) is 4.27. The molecule has 1 N–H and O–H groups in total. The number of nitrogens with one attached hydrogen (secondary N) is 1. The highest BCUT2D eigenvalue weighted by molar-refractivity contribution is 5.89. The minimum atomic E-state index is -0.879. The van der Waals surface area contributed by atoms with Crippen LogP contribution in [0.15, 0.2) is 31.0 Å². The lowest BCUT2D eigenvalue weighted by Crippen LogP contribution is -2.41. The van der Waals surface area contributed by atoms with Crippen LogP contribution in [-0.4, -0.2) is 66.9 Å². The molecule has 41 heavy (non-hydrogen) atoms. The number of hydrogen-bond donors (Lipinski definition) is 1. The molecule has 0 radical (unpaired) electrons. The van der Waals surface area contributed by atoms with Crippen molar-refractivity contribution in [2.24, 2.45) is 5.92 Å². The average Bonchev–Trinajstić information content (AvgIpc) is 2.96. The lowest BCUT2D eigenvalue weighted by molar-refractivity contribution is -0.116. The van der Waals surface area contributed by atoms with Gasteiger partial charge in [-0.25, -0.2) is 18.7 Å². The molecule has 3 aromatic rings. The topological polar surface area (TPSA) is 105 Å². The molecule has 9 nitrogen and oxygen atoms in total. The number of carbonyl (C=O) groups is 1. The van der Waals surface area contributed by atoms with Gasteiger partial charge in [-0.3, -0.25) is 9.78 Å². The third kappa shape index (κ3) is 5.60. The number of hydrogen-bond acceptors (Lipinski definition) is 9. The number of ether oxygens (including phenoxy) is 4. The molecule has 0 unspecified atom stereocenters. The maximum absolute atomic E-state index is 15.5. The minimum absolute atomic E-state index is 0.0260. The van der Waals surface area contributed by atoms with Crippen molar-refractivity contribution in [3.63, 3.8) is 0 Å². The van der Waals surface area contributed by atoms with E-state index in [0.29, 0.717) is 55.0 Å².